The standard InChI is InChI=1S/C14H17N3O5S/c1-3-5-21-14-10-22-11(6-13(14)18)7-16-23(19,20)12-8-15-17(4-2)9-12/h3,6,8-10,16H,1,4-5,7H2,2H3. The molecular formula is C14H17N3O5S. The maximum Gasteiger partial charge on any atom is 0.244 e. The smallest absolute Gasteiger partial charge is 0.244 e. The van der Waals surface area contributed by atoms with Gasteiger partial charge in [0.25, 0.3) is 0 Å². The van der Waals surface area contributed by atoms with Crippen LogP contribution < -0.4 is 14.9 Å². The number of nitrogens with one attached hydrogen (secondary N) is 1. The molecule has 2 aromatic heterocycles. The summed E-state index contributed by atoms with van der Waals surface area (Å²) in [6.07, 6.45) is 5.32. The summed E-state index contributed by atoms with van der Waals surface area (Å²) in [4.78, 5) is 11.8. The molecule has 0 amide bonds. The normalized spacial score (nSPS) is 11.3. The van der Waals surface area contributed by atoms with Crippen LogP contribution in [0, 0.1) is 0 Å². The van der Waals surface area contributed by atoms with Gasteiger partial charge < -0.3 is 9.15 Å². The van der Waals surface area contributed by atoms with Gasteiger partial charge in [-0.1, -0.05) is 12.7 Å². The molecule has 2 aromatic rings. The molecular weight excluding hydrogens is 322 g/mol. The lowest BCUT2D eigenvalue weighted by molar-refractivity contribution is 0.338. The van der Waals surface area contributed by atoms with Crippen molar-refractivity contribution in [1.82, 2.24) is 14.5 Å². The van der Waals surface area contributed by atoms with Gasteiger partial charge in [-0.05, 0) is 6.92 Å². The number of aromatic nitrogens is 2. The van der Waals surface area contributed by atoms with Gasteiger partial charge in [-0.25, -0.2) is 13.1 Å². The summed E-state index contributed by atoms with van der Waals surface area (Å²) in [7, 11) is -3.72. The van der Waals surface area contributed by atoms with Gasteiger partial charge in [0.15, 0.2) is 0 Å². The van der Waals surface area contributed by atoms with E-state index in [1.165, 1.54) is 29.2 Å². The number of nitrogens with zero attached hydrogens (tertiary/aromatic N) is 2. The second kappa shape index (κ2) is 7.25. The first kappa shape index (κ1) is 17.0. The molecule has 124 valence electrons. The van der Waals surface area contributed by atoms with Gasteiger partial charge in [-0.15, -0.1) is 0 Å². The summed E-state index contributed by atoms with van der Waals surface area (Å²) in [6.45, 7) is 5.91. The van der Waals surface area contributed by atoms with Crippen molar-refractivity contribution in [3.05, 3.63) is 53.4 Å². The van der Waals surface area contributed by atoms with Gasteiger partial charge in [-0.2, -0.15) is 5.10 Å². The molecule has 0 aliphatic carbocycles. The minimum atomic E-state index is -3.72. The highest BCUT2D eigenvalue weighted by molar-refractivity contribution is 7.89. The minimum absolute atomic E-state index is 0.0423. The molecule has 0 bridgehead atoms. The fourth-order valence-corrected chi connectivity index (χ4v) is 2.64. The Balaban J connectivity index is 2.06. The van der Waals surface area contributed by atoms with Crippen molar-refractivity contribution < 1.29 is 17.6 Å². The summed E-state index contributed by atoms with van der Waals surface area (Å²) in [6, 6.07) is 1.18. The average Bonchev–Trinajstić information content (AvgIpc) is 3.02. The number of sulfonamides is 1. The van der Waals surface area contributed by atoms with E-state index in [1.54, 1.807) is 0 Å². The first-order chi connectivity index (χ1) is 11.0. The Morgan fingerprint density at radius 2 is 2.30 bits per heavy atom. The topological polar surface area (TPSA) is 103 Å². The fraction of sp³-hybridized carbons (Fsp3) is 0.286. The highest BCUT2D eigenvalue weighted by Crippen LogP contribution is 2.10. The lowest BCUT2D eigenvalue weighted by atomic mass is 10.4. The Labute approximate surface area is 133 Å². The number of rotatable bonds is 8. The van der Waals surface area contributed by atoms with E-state index in [9.17, 15) is 13.2 Å². The van der Waals surface area contributed by atoms with Crippen LogP contribution in [0.3, 0.4) is 0 Å². The Morgan fingerprint density at radius 3 is 2.91 bits per heavy atom. The zero-order valence-corrected chi connectivity index (χ0v) is 13.4. The fourth-order valence-electron chi connectivity index (χ4n) is 1.69. The quantitative estimate of drug-likeness (QED) is 0.717. The predicted octanol–water partition coefficient (Wildman–Crippen LogP) is 0.899. The average molecular weight is 339 g/mol. The molecule has 2 rings (SSSR count). The SMILES string of the molecule is C=CCOc1coc(CNS(=O)(=O)c2cnn(CC)c2)cc1=O. The predicted molar refractivity (Wildman–Crippen MR) is 82.6 cm³/mol. The van der Waals surface area contributed by atoms with Crippen LogP contribution in [0.25, 0.3) is 0 Å². The van der Waals surface area contributed by atoms with Crippen LogP contribution in [0.4, 0.5) is 0 Å². The molecule has 0 radical (unpaired) electrons. The molecule has 9 heteroatoms. The minimum Gasteiger partial charge on any atom is -0.482 e. The zero-order chi connectivity index (χ0) is 16.9. The van der Waals surface area contributed by atoms with Gasteiger partial charge in [0.2, 0.25) is 21.2 Å². The molecule has 0 fully saturated rings. The zero-order valence-electron chi connectivity index (χ0n) is 12.6. The van der Waals surface area contributed by atoms with Crippen LogP contribution in [0.15, 0.2) is 51.5 Å². The van der Waals surface area contributed by atoms with Gasteiger partial charge in [0.05, 0.1) is 12.7 Å². The van der Waals surface area contributed by atoms with E-state index in [4.69, 9.17) is 9.15 Å². The van der Waals surface area contributed by atoms with Crippen molar-refractivity contribution in [3.8, 4) is 5.75 Å². The lowest BCUT2D eigenvalue weighted by Gasteiger charge is -2.05. The molecule has 0 unspecified atom stereocenters. The molecule has 0 saturated heterocycles. The third kappa shape index (κ3) is 4.30. The Morgan fingerprint density at radius 1 is 1.52 bits per heavy atom. The second-order valence-electron chi connectivity index (χ2n) is 4.53. The maximum absolute atomic E-state index is 12.1. The molecule has 0 atom stereocenters. The van der Waals surface area contributed by atoms with Crippen LogP contribution in [0.2, 0.25) is 0 Å². The molecule has 0 aliphatic heterocycles. The highest BCUT2D eigenvalue weighted by atomic mass is 32.2. The molecule has 0 aliphatic rings. The van der Waals surface area contributed by atoms with Crippen molar-refractivity contribution in [2.75, 3.05) is 6.61 Å². The van der Waals surface area contributed by atoms with E-state index in [0.29, 0.717) is 6.54 Å². The van der Waals surface area contributed by atoms with Gasteiger partial charge in [-0.3, -0.25) is 9.48 Å². The van der Waals surface area contributed by atoms with Crippen LogP contribution in [-0.2, 0) is 23.1 Å². The maximum atomic E-state index is 12.1. The van der Waals surface area contributed by atoms with Crippen LogP contribution in [0.5, 0.6) is 5.75 Å². The Kier molecular flexibility index (Phi) is 5.35. The summed E-state index contributed by atoms with van der Waals surface area (Å²) >= 11 is 0. The molecule has 0 spiro atoms. The second-order valence-corrected chi connectivity index (χ2v) is 6.30. The molecule has 1 N–H and O–H groups in total. The largest absolute Gasteiger partial charge is 0.482 e. The number of hydrogen-bond acceptors (Lipinski definition) is 6. The Bertz CT molecular complexity index is 838. The number of ether oxygens (including phenoxy) is 1. The Hall–Kier alpha value is -2.39. The van der Waals surface area contributed by atoms with Crippen molar-refractivity contribution >= 4 is 10.0 Å². The van der Waals surface area contributed by atoms with E-state index in [0.717, 1.165) is 6.26 Å². The summed E-state index contributed by atoms with van der Waals surface area (Å²) in [5.41, 5.74) is -0.397. The van der Waals surface area contributed by atoms with E-state index >= 15 is 0 Å². The first-order valence-electron chi connectivity index (χ1n) is 6.84. The summed E-state index contributed by atoms with van der Waals surface area (Å²) in [5.74, 6) is 0.216. The van der Waals surface area contributed by atoms with E-state index in [-0.39, 0.29) is 29.6 Å². The van der Waals surface area contributed by atoms with Crippen LogP contribution >= 0.6 is 0 Å². The van der Waals surface area contributed by atoms with Crippen LogP contribution in [0.1, 0.15) is 12.7 Å². The molecule has 2 heterocycles. The molecule has 8 nitrogen and oxygen atoms in total. The molecule has 23 heavy (non-hydrogen) atoms. The van der Waals surface area contributed by atoms with Crippen molar-refractivity contribution in [2.45, 2.75) is 24.9 Å². The third-order valence-electron chi connectivity index (χ3n) is 2.89. The third-order valence-corrected chi connectivity index (χ3v) is 4.25. The molecule has 0 saturated carbocycles. The van der Waals surface area contributed by atoms with Crippen molar-refractivity contribution in [3.63, 3.8) is 0 Å². The van der Waals surface area contributed by atoms with Crippen molar-refractivity contribution in [1.29, 1.82) is 0 Å². The van der Waals surface area contributed by atoms with E-state index < -0.39 is 15.5 Å². The number of aryl methyl sites for hydroxylation is 1. The van der Waals surface area contributed by atoms with E-state index in [2.05, 4.69) is 16.4 Å². The number of hydrogen-bond donors (Lipinski definition) is 1. The van der Waals surface area contributed by atoms with Gasteiger partial charge in [0.1, 0.15) is 23.5 Å². The van der Waals surface area contributed by atoms with Crippen LogP contribution in [-0.4, -0.2) is 24.8 Å². The highest BCUT2D eigenvalue weighted by Gasteiger charge is 2.17. The van der Waals surface area contributed by atoms with Crippen molar-refractivity contribution in [2.24, 2.45) is 0 Å². The van der Waals surface area contributed by atoms with E-state index in [1.807, 2.05) is 6.92 Å². The lowest BCUT2D eigenvalue weighted by Crippen LogP contribution is -2.23. The monoisotopic (exact) mass is 339 g/mol. The van der Waals surface area contributed by atoms with Gasteiger partial charge >= 0.3 is 0 Å². The summed E-state index contributed by atoms with van der Waals surface area (Å²) < 4.78 is 38.3. The van der Waals surface area contributed by atoms with Gasteiger partial charge in [0, 0.05) is 18.8 Å². The summed E-state index contributed by atoms with van der Waals surface area (Å²) in [5, 5.41) is 3.91. The molecule has 0 aromatic carbocycles. The first-order valence-corrected chi connectivity index (χ1v) is 8.32.